The van der Waals surface area contributed by atoms with Crippen molar-refractivity contribution in [3.05, 3.63) is 57.8 Å². The van der Waals surface area contributed by atoms with E-state index in [0.29, 0.717) is 32.6 Å². The quantitative estimate of drug-likeness (QED) is 0.817. The summed E-state index contributed by atoms with van der Waals surface area (Å²) in [6.45, 7) is 1.60. The number of carbonyl (C=O) groups is 2. The van der Waals surface area contributed by atoms with Crippen molar-refractivity contribution in [3.8, 4) is 0 Å². The number of hydrogen-bond donors (Lipinski definition) is 0. The second-order valence-electron chi connectivity index (χ2n) is 6.00. The van der Waals surface area contributed by atoms with Gasteiger partial charge in [-0.2, -0.15) is 13.2 Å². The third-order valence-electron chi connectivity index (χ3n) is 4.28. The molecule has 138 valence electrons. The number of amides is 2. The highest BCUT2D eigenvalue weighted by Gasteiger charge is 2.31. The van der Waals surface area contributed by atoms with E-state index in [4.69, 9.17) is 0 Å². The minimum Gasteiger partial charge on any atom is -0.339 e. The van der Waals surface area contributed by atoms with Crippen LogP contribution in [0.2, 0.25) is 0 Å². The van der Waals surface area contributed by atoms with Crippen molar-refractivity contribution < 1.29 is 22.8 Å². The topological polar surface area (TPSA) is 40.6 Å². The van der Waals surface area contributed by atoms with Crippen molar-refractivity contribution in [2.24, 2.45) is 0 Å². The summed E-state index contributed by atoms with van der Waals surface area (Å²) < 4.78 is 37.8. The molecule has 0 bridgehead atoms. The van der Waals surface area contributed by atoms with E-state index in [1.165, 1.54) is 23.5 Å². The number of rotatable bonds is 3. The number of carbonyl (C=O) groups excluding carboxylic acids is 2. The highest BCUT2D eigenvalue weighted by Crippen LogP contribution is 2.29. The van der Waals surface area contributed by atoms with Gasteiger partial charge >= 0.3 is 6.18 Å². The van der Waals surface area contributed by atoms with Crippen LogP contribution < -0.4 is 0 Å². The van der Waals surface area contributed by atoms with E-state index in [0.717, 1.165) is 17.0 Å². The van der Waals surface area contributed by atoms with Crippen molar-refractivity contribution in [1.82, 2.24) is 9.80 Å². The Balaban J connectivity index is 1.55. The molecule has 0 atom stereocenters. The Bertz CT molecular complexity index is 765. The van der Waals surface area contributed by atoms with E-state index in [1.54, 1.807) is 9.80 Å². The van der Waals surface area contributed by atoms with Crippen molar-refractivity contribution in [1.29, 1.82) is 0 Å². The molecule has 8 heteroatoms. The molecule has 0 radical (unpaired) electrons. The van der Waals surface area contributed by atoms with Gasteiger partial charge in [-0.1, -0.05) is 6.07 Å². The van der Waals surface area contributed by atoms with Gasteiger partial charge in [-0.3, -0.25) is 9.59 Å². The molecule has 2 aromatic rings. The Morgan fingerprint density at radius 1 is 0.962 bits per heavy atom. The highest BCUT2D eigenvalue weighted by atomic mass is 32.1. The molecule has 1 fully saturated rings. The molecule has 2 amide bonds. The fraction of sp³-hybridized carbons (Fsp3) is 0.333. The van der Waals surface area contributed by atoms with Gasteiger partial charge in [0.1, 0.15) is 0 Å². The zero-order valence-electron chi connectivity index (χ0n) is 13.8. The largest absolute Gasteiger partial charge is 0.416 e. The fourth-order valence-corrected chi connectivity index (χ4v) is 3.51. The van der Waals surface area contributed by atoms with E-state index in [9.17, 15) is 22.8 Å². The molecule has 4 nitrogen and oxygen atoms in total. The monoisotopic (exact) mass is 382 g/mol. The summed E-state index contributed by atoms with van der Waals surface area (Å²) in [6, 6.07) is 8.02. The van der Waals surface area contributed by atoms with E-state index < -0.39 is 11.7 Å². The molecule has 1 saturated heterocycles. The first kappa shape index (κ1) is 18.4. The predicted octanol–water partition coefficient (Wildman–Crippen LogP) is 3.29. The molecular formula is C18H17F3N2O2S. The van der Waals surface area contributed by atoms with Crippen LogP contribution in [0, 0.1) is 0 Å². The highest BCUT2D eigenvalue weighted by molar-refractivity contribution is 7.10. The zero-order valence-corrected chi connectivity index (χ0v) is 14.6. The molecule has 1 aromatic heterocycles. The van der Waals surface area contributed by atoms with Gasteiger partial charge in [0.2, 0.25) is 5.91 Å². The number of alkyl halides is 3. The molecule has 0 spiro atoms. The summed E-state index contributed by atoms with van der Waals surface area (Å²) >= 11 is 1.53. The van der Waals surface area contributed by atoms with E-state index in [-0.39, 0.29) is 17.4 Å². The normalized spacial score (nSPS) is 15.2. The van der Waals surface area contributed by atoms with E-state index in [1.807, 2.05) is 17.5 Å². The molecule has 1 aliphatic rings. The van der Waals surface area contributed by atoms with Crippen LogP contribution >= 0.6 is 11.3 Å². The summed E-state index contributed by atoms with van der Waals surface area (Å²) in [5.41, 5.74) is -0.561. The maximum Gasteiger partial charge on any atom is 0.416 e. The van der Waals surface area contributed by atoms with Crippen LogP contribution in [-0.2, 0) is 17.4 Å². The number of nitrogens with zero attached hydrogens (tertiary/aromatic N) is 2. The third-order valence-corrected chi connectivity index (χ3v) is 5.16. The van der Waals surface area contributed by atoms with Crippen molar-refractivity contribution in [2.45, 2.75) is 12.6 Å². The Labute approximate surface area is 152 Å². The lowest BCUT2D eigenvalue weighted by molar-refractivity contribution is -0.137. The minimum absolute atomic E-state index is 0.0223. The molecule has 0 aliphatic carbocycles. The van der Waals surface area contributed by atoms with E-state index >= 15 is 0 Å². The first-order valence-electron chi connectivity index (χ1n) is 8.11. The molecule has 2 heterocycles. The van der Waals surface area contributed by atoms with Crippen LogP contribution in [-0.4, -0.2) is 47.8 Å². The van der Waals surface area contributed by atoms with Crippen molar-refractivity contribution in [3.63, 3.8) is 0 Å². The summed E-state index contributed by atoms with van der Waals surface area (Å²) in [4.78, 5) is 29.0. The first-order valence-corrected chi connectivity index (χ1v) is 8.99. The molecule has 1 aromatic carbocycles. The molecule has 3 rings (SSSR count). The maximum atomic E-state index is 12.6. The Hall–Kier alpha value is -2.35. The molecule has 26 heavy (non-hydrogen) atoms. The SMILES string of the molecule is O=C(Cc1cccs1)N1CCN(C(=O)c2ccc(C(F)(F)F)cc2)CC1. The summed E-state index contributed by atoms with van der Waals surface area (Å²) in [7, 11) is 0. The second kappa shape index (κ2) is 7.49. The zero-order chi connectivity index (χ0) is 18.7. The number of benzene rings is 1. The predicted molar refractivity (Wildman–Crippen MR) is 92.0 cm³/mol. The van der Waals surface area contributed by atoms with Gasteiger partial charge in [0.15, 0.2) is 0 Å². The Kier molecular flexibility index (Phi) is 5.31. The molecular weight excluding hydrogens is 365 g/mol. The lowest BCUT2D eigenvalue weighted by Crippen LogP contribution is -2.50. The van der Waals surface area contributed by atoms with Gasteiger partial charge < -0.3 is 9.80 Å². The fourth-order valence-electron chi connectivity index (χ4n) is 2.82. The van der Waals surface area contributed by atoms with Crippen LogP contribution in [0.25, 0.3) is 0 Å². The Morgan fingerprint density at radius 3 is 2.12 bits per heavy atom. The van der Waals surface area contributed by atoms with E-state index in [2.05, 4.69) is 0 Å². The summed E-state index contributed by atoms with van der Waals surface area (Å²) in [5.74, 6) is -0.293. The van der Waals surface area contributed by atoms with Gasteiger partial charge in [-0.05, 0) is 35.7 Å². The van der Waals surface area contributed by atoms with Gasteiger partial charge in [0, 0.05) is 36.6 Å². The van der Waals surface area contributed by atoms with Gasteiger partial charge in [0.05, 0.1) is 12.0 Å². The second-order valence-corrected chi connectivity index (χ2v) is 7.04. The molecule has 0 N–H and O–H groups in total. The smallest absolute Gasteiger partial charge is 0.339 e. The van der Waals surface area contributed by atoms with Crippen LogP contribution in [0.1, 0.15) is 20.8 Å². The van der Waals surface area contributed by atoms with Crippen LogP contribution in [0.3, 0.4) is 0 Å². The molecule has 1 aliphatic heterocycles. The van der Waals surface area contributed by atoms with Gasteiger partial charge in [-0.15, -0.1) is 11.3 Å². The first-order chi connectivity index (χ1) is 12.3. The lowest BCUT2D eigenvalue weighted by atomic mass is 10.1. The number of thiophene rings is 1. The van der Waals surface area contributed by atoms with Crippen LogP contribution in [0.5, 0.6) is 0 Å². The average Bonchev–Trinajstić information content (AvgIpc) is 3.13. The number of hydrogen-bond acceptors (Lipinski definition) is 3. The standard InChI is InChI=1S/C18H17F3N2O2S/c19-18(20,21)14-5-3-13(4-6-14)17(25)23-9-7-22(8-10-23)16(24)12-15-2-1-11-26-15/h1-6,11H,7-10,12H2. The molecule has 0 saturated carbocycles. The van der Waals surface area contributed by atoms with Gasteiger partial charge in [0.25, 0.3) is 5.91 Å². The van der Waals surface area contributed by atoms with Gasteiger partial charge in [-0.25, -0.2) is 0 Å². The van der Waals surface area contributed by atoms with Crippen molar-refractivity contribution >= 4 is 23.2 Å². The van der Waals surface area contributed by atoms with Crippen LogP contribution in [0.4, 0.5) is 13.2 Å². The third kappa shape index (κ3) is 4.24. The maximum absolute atomic E-state index is 12.6. The average molecular weight is 382 g/mol. The number of piperazine rings is 1. The van der Waals surface area contributed by atoms with Crippen LogP contribution in [0.15, 0.2) is 41.8 Å². The number of halogens is 3. The summed E-state index contributed by atoms with van der Waals surface area (Å²) in [5, 5.41) is 1.92. The lowest BCUT2D eigenvalue weighted by Gasteiger charge is -2.34. The molecule has 0 unspecified atom stereocenters. The Morgan fingerprint density at radius 2 is 1.58 bits per heavy atom. The summed E-state index contributed by atoms with van der Waals surface area (Å²) in [6.07, 6.45) is -4.07. The van der Waals surface area contributed by atoms with Crippen molar-refractivity contribution in [2.75, 3.05) is 26.2 Å². The minimum atomic E-state index is -4.42.